The van der Waals surface area contributed by atoms with Crippen molar-refractivity contribution in [3.63, 3.8) is 0 Å². The monoisotopic (exact) mass is 458 g/mol. The number of carbonyl (C=O) groups excluding carboxylic acids is 3. The van der Waals surface area contributed by atoms with E-state index in [0.29, 0.717) is 22.4 Å². The molecular weight excluding hydrogens is 432 g/mol. The van der Waals surface area contributed by atoms with Crippen LogP contribution in [0.2, 0.25) is 0 Å². The molecule has 0 aliphatic heterocycles. The number of carbonyl (C=O) groups is 3. The molecule has 0 heterocycles. The Morgan fingerprint density at radius 2 is 1.44 bits per heavy atom. The maximum atomic E-state index is 12.3. The van der Waals surface area contributed by atoms with Crippen LogP contribution in [0.25, 0.3) is 6.08 Å². The molecule has 174 valence electrons. The third-order valence-corrected chi connectivity index (χ3v) is 4.93. The van der Waals surface area contributed by atoms with E-state index in [1.165, 1.54) is 19.9 Å². The minimum Gasteiger partial charge on any atom is -0.468 e. The summed E-state index contributed by atoms with van der Waals surface area (Å²) in [6.07, 6.45) is 3.20. The Morgan fingerprint density at radius 1 is 0.824 bits per heavy atom. The van der Waals surface area contributed by atoms with Gasteiger partial charge in [0.15, 0.2) is 24.1 Å². The second kappa shape index (κ2) is 11.3. The van der Waals surface area contributed by atoms with Crippen molar-refractivity contribution in [2.75, 3.05) is 13.4 Å². The highest BCUT2D eigenvalue weighted by molar-refractivity contribution is 6.06. The summed E-state index contributed by atoms with van der Waals surface area (Å²) in [4.78, 5) is 36.5. The summed E-state index contributed by atoms with van der Waals surface area (Å²) in [7, 11) is 0. The first-order valence-electron chi connectivity index (χ1n) is 10.7. The van der Waals surface area contributed by atoms with Crippen molar-refractivity contribution in [1.82, 2.24) is 0 Å². The van der Waals surface area contributed by atoms with E-state index in [9.17, 15) is 19.5 Å². The van der Waals surface area contributed by atoms with Crippen molar-refractivity contribution in [3.8, 4) is 5.75 Å². The van der Waals surface area contributed by atoms with Crippen LogP contribution < -0.4 is 4.74 Å². The Bertz CT molecular complexity index is 1150. The second-order valence-corrected chi connectivity index (χ2v) is 8.13. The fourth-order valence-electron chi connectivity index (χ4n) is 3.03. The van der Waals surface area contributed by atoms with Gasteiger partial charge in [-0.05, 0) is 49.8 Å². The van der Waals surface area contributed by atoms with E-state index in [0.717, 1.165) is 5.56 Å². The van der Waals surface area contributed by atoms with E-state index in [4.69, 9.17) is 9.47 Å². The van der Waals surface area contributed by atoms with Crippen molar-refractivity contribution in [3.05, 3.63) is 107 Å². The largest absolute Gasteiger partial charge is 0.468 e. The van der Waals surface area contributed by atoms with Gasteiger partial charge < -0.3 is 14.6 Å². The maximum Gasteiger partial charge on any atom is 0.193 e. The molecule has 34 heavy (non-hydrogen) atoms. The fraction of sp³-hybridized carbons (Fsp3) is 0.179. The topological polar surface area (TPSA) is 89.9 Å². The quantitative estimate of drug-likeness (QED) is 0.193. The van der Waals surface area contributed by atoms with Gasteiger partial charge in [-0.15, -0.1) is 0 Å². The molecule has 6 nitrogen and oxygen atoms in total. The SMILES string of the molecule is CC(C)(O)C(=O)c1ccc(OCOCC(=O)c2ccc(/C=C/C(=O)c3ccccc3)cc2)cc1. The van der Waals surface area contributed by atoms with Crippen LogP contribution in [-0.4, -0.2) is 41.5 Å². The van der Waals surface area contributed by atoms with E-state index < -0.39 is 5.60 Å². The molecule has 0 saturated heterocycles. The normalized spacial score (nSPS) is 11.4. The zero-order valence-electron chi connectivity index (χ0n) is 19.1. The van der Waals surface area contributed by atoms with Gasteiger partial charge in [0.05, 0.1) is 0 Å². The highest BCUT2D eigenvalue weighted by atomic mass is 16.7. The molecule has 0 aliphatic rings. The number of ketones is 3. The lowest BCUT2D eigenvalue weighted by Gasteiger charge is -2.15. The predicted molar refractivity (Wildman–Crippen MR) is 129 cm³/mol. The molecule has 1 N–H and O–H groups in total. The lowest BCUT2D eigenvalue weighted by molar-refractivity contribution is 0.0178. The molecule has 0 radical (unpaired) electrons. The summed E-state index contributed by atoms with van der Waals surface area (Å²) in [5.74, 6) is -0.204. The van der Waals surface area contributed by atoms with Gasteiger partial charge in [-0.25, -0.2) is 0 Å². The van der Waals surface area contributed by atoms with Gasteiger partial charge in [-0.3, -0.25) is 14.4 Å². The first-order chi connectivity index (χ1) is 16.2. The van der Waals surface area contributed by atoms with Crippen molar-refractivity contribution >= 4 is 23.4 Å². The molecule has 3 aromatic rings. The molecule has 0 aromatic heterocycles. The van der Waals surface area contributed by atoms with Gasteiger partial charge in [-0.2, -0.15) is 0 Å². The maximum absolute atomic E-state index is 12.3. The second-order valence-electron chi connectivity index (χ2n) is 8.13. The molecule has 0 fully saturated rings. The molecule has 0 amide bonds. The van der Waals surface area contributed by atoms with Crippen molar-refractivity contribution < 1.29 is 29.0 Å². The first kappa shape index (κ1) is 24.8. The summed E-state index contributed by atoms with van der Waals surface area (Å²) >= 11 is 0. The van der Waals surface area contributed by atoms with Crippen LogP contribution in [0.5, 0.6) is 5.75 Å². The van der Waals surface area contributed by atoms with Crippen molar-refractivity contribution in [2.45, 2.75) is 19.4 Å². The van der Waals surface area contributed by atoms with Crippen LogP contribution in [0.15, 0.2) is 84.9 Å². The van der Waals surface area contributed by atoms with Gasteiger partial charge >= 0.3 is 0 Å². The molecule has 3 aromatic carbocycles. The van der Waals surface area contributed by atoms with Crippen LogP contribution in [0.4, 0.5) is 0 Å². The molecule has 0 saturated carbocycles. The Balaban J connectivity index is 1.44. The Hall–Kier alpha value is -3.87. The van der Waals surface area contributed by atoms with Gasteiger partial charge in [0.2, 0.25) is 0 Å². The molecule has 0 spiro atoms. The third-order valence-electron chi connectivity index (χ3n) is 4.93. The number of ether oxygens (including phenoxy) is 2. The summed E-state index contributed by atoms with van der Waals surface area (Å²) in [6, 6.07) is 22.2. The zero-order valence-corrected chi connectivity index (χ0v) is 19.1. The minimum atomic E-state index is -1.44. The molecule has 3 rings (SSSR count). The van der Waals surface area contributed by atoms with Crippen LogP contribution in [-0.2, 0) is 4.74 Å². The Labute approximate surface area is 198 Å². The zero-order chi connectivity index (χ0) is 24.6. The number of hydrogen-bond donors (Lipinski definition) is 1. The van der Waals surface area contributed by atoms with E-state index >= 15 is 0 Å². The molecule has 6 heteroatoms. The van der Waals surface area contributed by atoms with Crippen molar-refractivity contribution in [2.24, 2.45) is 0 Å². The van der Waals surface area contributed by atoms with E-state index in [2.05, 4.69) is 0 Å². The summed E-state index contributed by atoms with van der Waals surface area (Å²) < 4.78 is 10.7. The minimum absolute atomic E-state index is 0.0902. The lowest BCUT2D eigenvalue weighted by Crippen LogP contribution is -2.30. The standard InChI is InChI=1S/C28H26O6/c1-28(2,32)27(31)23-13-15-24(16-14-23)34-19-33-18-26(30)22-11-8-20(9-12-22)10-17-25(29)21-6-4-3-5-7-21/h3-17,32H,18-19H2,1-2H3/b17-10+. The van der Waals surface area contributed by atoms with Crippen molar-refractivity contribution in [1.29, 1.82) is 0 Å². The lowest BCUT2D eigenvalue weighted by atomic mass is 9.97. The third kappa shape index (κ3) is 7.07. The average Bonchev–Trinajstić information content (AvgIpc) is 2.85. The molecule has 0 aliphatic carbocycles. The molecule has 0 unspecified atom stereocenters. The number of allylic oxidation sites excluding steroid dienone is 1. The van der Waals surface area contributed by atoms with Crippen LogP contribution in [0, 0.1) is 0 Å². The van der Waals surface area contributed by atoms with E-state index in [1.807, 2.05) is 18.2 Å². The number of hydrogen-bond acceptors (Lipinski definition) is 6. The molecular formula is C28H26O6. The highest BCUT2D eigenvalue weighted by Gasteiger charge is 2.24. The van der Waals surface area contributed by atoms with Gasteiger partial charge in [-0.1, -0.05) is 60.7 Å². The van der Waals surface area contributed by atoms with Crippen LogP contribution in [0.3, 0.4) is 0 Å². The summed E-state index contributed by atoms with van der Waals surface area (Å²) in [5.41, 5.74) is 0.833. The molecule has 0 atom stereocenters. The Morgan fingerprint density at radius 3 is 2.06 bits per heavy atom. The average molecular weight is 459 g/mol. The predicted octanol–water partition coefficient (Wildman–Crippen LogP) is 4.77. The molecule has 0 bridgehead atoms. The smallest absolute Gasteiger partial charge is 0.193 e. The number of benzene rings is 3. The van der Waals surface area contributed by atoms with Gasteiger partial charge in [0.25, 0.3) is 0 Å². The van der Waals surface area contributed by atoms with E-state index in [-0.39, 0.29) is 30.7 Å². The summed E-state index contributed by atoms with van der Waals surface area (Å²) in [5, 5.41) is 9.79. The van der Waals surface area contributed by atoms with Gasteiger partial charge in [0, 0.05) is 16.7 Å². The number of Topliss-reactive ketones (excluding diaryl/α,β-unsaturated/α-hetero) is 2. The number of aliphatic hydroxyl groups is 1. The van der Waals surface area contributed by atoms with Crippen LogP contribution >= 0.6 is 0 Å². The van der Waals surface area contributed by atoms with E-state index in [1.54, 1.807) is 66.7 Å². The van der Waals surface area contributed by atoms with Crippen LogP contribution in [0.1, 0.15) is 50.5 Å². The highest BCUT2D eigenvalue weighted by Crippen LogP contribution is 2.17. The Kier molecular flexibility index (Phi) is 8.24. The number of rotatable bonds is 11. The summed E-state index contributed by atoms with van der Waals surface area (Å²) in [6.45, 7) is 2.58. The first-order valence-corrected chi connectivity index (χ1v) is 10.7. The fourth-order valence-corrected chi connectivity index (χ4v) is 3.03. The van der Waals surface area contributed by atoms with Gasteiger partial charge in [0.1, 0.15) is 18.0 Å².